The minimum atomic E-state index is -0.0682. The Kier molecular flexibility index (Phi) is 5.83. The molecule has 0 radical (unpaired) electrons. The van der Waals surface area contributed by atoms with E-state index < -0.39 is 0 Å². The summed E-state index contributed by atoms with van der Waals surface area (Å²) in [6, 6.07) is 7.55. The summed E-state index contributed by atoms with van der Waals surface area (Å²) >= 11 is 6.15. The number of carbonyl (C=O) groups is 1. The monoisotopic (exact) mass is 295 g/mol. The van der Waals surface area contributed by atoms with Crippen LogP contribution in [0.4, 0.5) is 0 Å². The Morgan fingerprint density at radius 1 is 1.40 bits per heavy atom. The van der Waals surface area contributed by atoms with Gasteiger partial charge >= 0.3 is 0 Å². The van der Waals surface area contributed by atoms with Crippen molar-refractivity contribution >= 4 is 17.5 Å². The fraction of sp³-hybridized carbons (Fsp3) is 0.533. The van der Waals surface area contributed by atoms with Crippen molar-refractivity contribution in [1.82, 2.24) is 15.5 Å². The molecule has 1 aliphatic rings. The molecule has 1 heterocycles. The molecule has 1 amide bonds. The van der Waals surface area contributed by atoms with Gasteiger partial charge in [0.2, 0.25) is 5.91 Å². The Hall–Kier alpha value is -1.10. The number of benzene rings is 1. The molecule has 1 aromatic rings. The van der Waals surface area contributed by atoms with Crippen LogP contribution in [0.3, 0.4) is 0 Å². The SMILES string of the molecule is C[C@H](NC(=O)CN1CCCNCC1)c1ccccc1Cl. The molecule has 1 saturated heterocycles. The van der Waals surface area contributed by atoms with Crippen LogP contribution < -0.4 is 10.6 Å². The van der Waals surface area contributed by atoms with E-state index in [0.29, 0.717) is 11.6 Å². The second-order valence-electron chi connectivity index (χ2n) is 5.19. The normalized spacial score (nSPS) is 18.3. The van der Waals surface area contributed by atoms with E-state index >= 15 is 0 Å². The molecule has 0 unspecified atom stereocenters. The molecular formula is C15H22ClN3O. The number of hydrogen-bond acceptors (Lipinski definition) is 3. The maximum atomic E-state index is 12.1. The van der Waals surface area contributed by atoms with Crippen LogP contribution in [-0.4, -0.2) is 43.5 Å². The minimum absolute atomic E-state index is 0.0549. The number of rotatable bonds is 4. The van der Waals surface area contributed by atoms with Crippen molar-refractivity contribution in [3.05, 3.63) is 34.9 Å². The lowest BCUT2D eigenvalue weighted by Gasteiger charge is -2.21. The van der Waals surface area contributed by atoms with E-state index in [-0.39, 0.29) is 11.9 Å². The lowest BCUT2D eigenvalue weighted by molar-refractivity contribution is -0.122. The average Bonchev–Trinajstić information content (AvgIpc) is 2.67. The van der Waals surface area contributed by atoms with E-state index in [9.17, 15) is 4.79 Å². The predicted molar refractivity (Wildman–Crippen MR) is 81.9 cm³/mol. The fourth-order valence-electron chi connectivity index (χ4n) is 2.45. The first-order valence-electron chi connectivity index (χ1n) is 7.13. The first-order valence-corrected chi connectivity index (χ1v) is 7.51. The first-order chi connectivity index (χ1) is 9.66. The van der Waals surface area contributed by atoms with Crippen LogP contribution in [0.25, 0.3) is 0 Å². The van der Waals surface area contributed by atoms with Crippen LogP contribution in [0.5, 0.6) is 0 Å². The van der Waals surface area contributed by atoms with Crippen molar-refractivity contribution in [2.75, 3.05) is 32.7 Å². The van der Waals surface area contributed by atoms with Gasteiger partial charge in [-0.25, -0.2) is 0 Å². The summed E-state index contributed by atoms with van der Waals surface area (Å²) in [7, 11) is 0. The fourth-order valence-corrected chi connectivity index (χ4v) is 2.75. The Labute approximate surface area is 125 Å². The van der Waals surface area contributed by atoms with Crippen molar-refractivity contribution in [1.29, 1.82) is 0 Å². The van der Waals surface area contributed by atoms with E-state index in [1.807, 2.05) is 31.2 Å². The van der Waals surface area contributed by atoms with Crippen LogP contribution in [0.2, 0.25) is 5.02 Å². The van der Waals surface area contributed by atoms with Crippen molar-refractivity contribution in [3.63, 3.8) is 0 Å². The highest BCUT2D eigenvalue weighted by Gasteiger charge is 2.16. The summed E-state index contributed by atoms with van der Waals surface area (Å²) in [5.41, 5.74) is 0.958. The van der Waals surface area contributed by atoms with Crippen molar-refractivity contribution in [2.45, 2.75) is 19.4 Å². The van der Waals surface area contributed by atoms with Crippen molar-refractivity contribution in [2.24, 2.45) is 0 Å². The smallest absolute Gasteiger partial charge is 0.234 e. The highest BCUT2D eigenvalue weighted by Crippen LogP contribution is 2.21. The molecular weight excluding hydrogens is 274 g/mol. The van der Waals surface area contributed by atoms with E-state index in [4.69, 9.17) is 11.6 Å². The van der Waals surface area contributed by atoms with E-state index in [1.165, 1.54) is 0 Å². The molecule has 0 spiro atoms. The van der Waals surface area contributed by atoms with Crippen LogP contribution in [-0.2, 0) is 4.79 Å². The molecule has 4 nitrogen and oxygen atoms in total. The standard InChI is InChI=1S/C15H22ClN3O/c1-12(13-5-2-3-6-14(13)16)18-15(20)11-19-9-4-7-17-8-10-19/h2-3,5-6,12,17H,4,7-11H2,1H3,(H,18,20)/t12-/m0/s1. The summed E-state index contributed by atoms with van der Waals surface area (Å²) in [4.78, 5) is 14.3. The lowest BCUT2D eigenvalue weighted by Crippen LogP contribution is -2.39. The van der Waals surface area contributed by atoms with E-state index in [0.717, 1.165) is 38.2 Å². The molecule has 20 heavy (non-hydrogen) atoms. The highest BCUT2D eigenvalue weighted by atomic mass is 35.5. The zero-order valence-electron chi connectivity index (χ0n) is 11.9. The largest absolute Gasteiger partial charge is 0.348 e. The zero-order valence-corrected chi connectivity index (χ0v) is 12.6. The molecule has 2 rings (SSSR count). The predicted octanol–water partition coefficient (Wildman–Crippen LogP) is 1.81. The van der Waals surface area contributed by atoms with E-state index in [2.05, 4.69) is 15.5 Å². The third-order valence-corrected chi connectivity index (χ3v) is 3.89. The van der Waals surface area contributed by atoms with Gasteiger partial charge in [-0.15, -0.1) is 0 Å². The highest BCUT2D eigenvalue weighted by molar-refractivity contribution is 6.31. The van der Waals surface area contributed by atoms with Gasteiger partial charge in [-0.05, 0) is 38.1 Å². The molecule has 1 fully saturated rings. The maximum absolute atomic E-state index is 12.1. The number of carbonyl (C=O) groups excluding carboxylic acids is 1. The second-order valence-corrected chi connectivity index (χ2v) is 5.60. The summed E-state index contributed by atoms with van der Waals surface area (Å²) in [5, 5.41) is 7.05. The summed E-state index contributed by atoms with van der Waals surface area (Å²) < 4.78 is 0. The summed E-state index contributed by atoms with van der Waals surface area (Å²) in [5.74, 6) is 0.0549. The molecule has 1 aliphatic heterocycles. The molecule has 0 saturated carbocycles. The van der Waals surface area contributed by atoms with Gasteiger partial charge in [0.15, 0.2) is 0 Å². The summed E-state index contributed by atoms with van der Waals surface area (Å²) in [6.07, 6.45) is 1.09. The topological polar surface area (TPSA) is 44.4 Å². The van der Waals surface area contributed by atoms with Gasteiger partial charge in [0.25, 0.3) is 0 Å². The zero-order chi connectivity index (χ0) is 14.4. The van der Waals surface area contributed by atoms with Crippen molar-refractivity contribution in [3.8, 4) is 0 Å². The molecule has 110 valence electrons. The van der Waals surface area contributed by atoms with Crippen LogP contribution in [0, 0.1) is 0 Å². The van der Waals surface area contributed by atoms with Gasteiger partial charge < -0.3 is 10.6 Å². The number of amides is 1. The van der Waals surface area contributed by atoms with E-state index in [1.54, 1.807) is 0 Å². The average molecular weight is 296 g/mol. The number of halogens is 1. The van der Waals surface area contributed by atoms with Crippen molar-refractivity contribution < 1.29 is 4.79 Å². The molecule has 1 aromatic carbocycles. The van der Waals surface area contributed by atoms with Crippen LogP contribution in [0.1, 0.15) is 24.9 Å². The molecule has 5 heteroatoms. The van der Waals surface area contributed by atoms with Gasteiger partial charge in [-0.1, -0.05) is 29.8 Å². The van der Waals surface area contributed by atoms with Gasteiger partial charge in [-0.3, -0.25) is 9.69 Å². The Bertz CT molecular complexity index is 444. The molecule has 0 aromatic heterocycles. The summed E-state index contributed by atoms with van der Waals surface area (Å²) in [6.45, 7) is 6.30. The van der Waals surface area contributed by atoms with Crippen LogP contribution in [0.15, 0.2) is 24.3 Å². The number of hydrogen-bond donors (Lipinski definition) is 2. The first kappa shape index (κ1) is 15.3. The Morgan fingerprint density at radius 2 is 2.20 bits per heavy atom. The molecule has 0 aliphatic carbocycles. The molecule has 1 atom stereocenters. The maximum Gasteiger partial charge on any atom is 0.234 e. The van der Waals surface area contributed by atoms with Gasteiger partial charge in [0, 0.05) is 18.1 Å². The van der Waals surface area contributed by atoms with Gasteiger partial charge in [-0.2, -0.15) is 0 Å². The Balaban J connectivity index is 1.86. The number of nitrogens with one attached hydrogen (secondary N) is 2. The lowest BCUT2D eigenvalue weighted by atomic mass is 10.1. The third-order valence-electron chi connectivity index (χ3n) is 3.55. The number of nitrogens with zero attached hydrogens (tertiary/aromatic N) is 1. The Morgan fingerprint density at radius 3 is 3.00 bits per heavy atom. The van der Waals surface area contributed by atoms with Gasteiger partial charge in [0.05, 0.1) is 12.6 Å². The molecule has 2 N–H and O–H groups in total. The minimum Gasteiger partial charge on any atom is -0.348 e. The quantitative estimate of drug-likeness (QED) is 0.890. The van der Waals surface area contributed by atoms with Gasteiger partial charge in [0.1, 0.15) is 0 Å². The third kappa shape index (κ3) is 4.47. The molecule has 0 bridgehead atoms. The van der Waals surface area contributed by atoms with Crippen LogP contribution >= 0.6 is 11.6 Å². The second kappa shape index (κ2) is 7.62.